The highest BCUT2D eigenvalue weighted by atomic mass is 32.2. The SMILES string of the molecule is CN1C(=O)C(=Cc2ccc(C(=O)NC(C)(C)C(=O)O)cc2)SC1=S. The highest BCUT2D eigenvalue weighted by Gasteiger charge is 2.30. The Labute approximate surface area is 148 Å². The molecule has 6 nitrogen and oxygen atoms in total. The van der Waals surface area contributed by atoms with Crippen molar-refractivity contribution in [1.29, 1.82) is 0 Å². The summed E-state index contributed by atoms with van der Waals surface area (Å²) < 4.78 is 0.498. The zero-order chi connectivity index (χ0) is 18.1. The fourth-order valence-electron chi connectivity index (χ4n) is 1.84. The average Bonchev–Trinajstić information content (AvgIpc) is 2.74. The van der Waals surface area contributed by atoms with Crippen LogP contribution in [0.15, 0.2) is 29.2 Å². The molecule has 0 bridgehead atoms. The number of carboxylic acid groups (broad SMARTS) is 1. The van der Waals surface area contributed by atoms with Gasteiger partial charge in [0.25, 0.3) is 11.8 Å². The second-order valence-electron chi connectivity index (χ2n) is 5.75. The number of thioether (sulfide) groups is 1. The van der Waals surface area contributed by atoms with Gasteiger partial charge in [-0.15, -0.1) is 0 Å². The van der Waals surface area contributed by atoms with Gasteiger partial charge in [0.2, 0.25) is 0 Å². The first-order valence-electron chi connectivity index (χ1n) is 6.99. The van der Waals surface area contributed by atoms with Crippen LogP contribution in [0.3, 0.4) is 0 Å². The monoisotopic (exact) mass is 364 g/mol. The molecule has 2 amide bonds. The van der Waals surface area contributed by atoms with Gasteiger partial charge in [-0.3, -0.25) is 14.5 Å². The molecule has 1 aliphatic heterocycles. The van der Waals surface area contributed by atoms with Crippen molar-refractivity contribution < 1.29 is 19.5 Å². The summed E-state index contributed by atoms with van der Waals surface area (Å²) in [5, 5.41) is 11.5. The van der Waals surface area contributed by atoms with E-state index in [9.17, 15) is 14.4 Å². The quantitative estimate of drug-likeness (QED) is 0.629. The van der Waals surface area contributed by atoms with E-state index in [2.05, 4.69) is 5.32 Å². The van der Waals surface area contributed by atoms with E-state index in [1.54, 1.807) is 37.4 Å². The molecule has 2 rings (SSSR count). The van der Waals surface area contributed by atoms with E-state index in [4.69, 9.17) is 17.3 Å². The predicted octanol–water partition coefficient (Wildman–Crippen LogP) is 2.11. The molecule has 1 saturated heterocycles. The van der Waals surface area contributed by atoms with Crippen molar-refractivity contribution in [3.8, 4) is 0 Å². The normalized spacial score (nSPS) is 16.6. The first-order chi connectivity index (χ1) is 11.1. The number of thiocarbonyl (C=S) groups is 1. The van der Waals surface area contributed by atoms with Crippen LogP contribution in [-0.2, 0) is 9.59 Å². The van der Waals surface area contributed by atoms with Gasteiger partial charge >= 0.3 is 5.97 Å². The Balaban J connectivity index is 2.14. The summed E-state index contributed by atoms with van der Waals surface area (Å²) in [5.74, 6) is -1.75. The number of benzene rings is 1. The second-order valence-corrected chi connectivity index (χ2v) is 7.42. The van der Waals surface area contributed by atoms with Crippen LogP contribution in [-0.4, -0.2) is 44.7 Å². The zero-order valence-corrected chi connectivity index (χ0v) is 15.0. The molecule has 8 heteroatoms. The van der Waals surface area contributed by atoms with Crippen LogP contribution in [0.5, 0.6) is 0 Å². The Morgan fingerprint density at radius 2 is 1.88 bits per heavy atom. The van der Waals surface area contributed by atoms with Gasteiger partial charge in [0.05, 0.1) is 4.91 Å². The molecule has 1 aliphatic rings. The molecule has 0 unspecified atom stereocenters. The fourth-order valence-corrected chi connectivity index (χ4v) is 3.02. The number of amides is 2. The third kappa shape index (κ3) is 3.82. The van der Waals surface area contributed by atoms with Crippen molar-refractivity contribution in [2.24, 2.45) is 0 Å². The van der Waals surface area contributed by atoms with Crippen molar-refractivity contribution in [2.75, 3.05) is 7.05 Å². The minimum Gasteiger partial charge on any atom is -0.480 e. The first-order valence-corrected chi connectivity index (χ1v) is 8.22. The fraction of sp³-hybridized carbons (Fsp3) is 0.250. The molecule has 126 valence electrons. The van der Waals surface area contributed by atoms with Crippen molar-refractivity contribution in [1.82, 2.24) is 10.2 Å². The maximum absolute atomic E-state index is 12.1. The number of hydrogen-bond acceptors (Lipinski definition) is 5. The molecule has 0 radical (unpaired) electrons. The second kappa shape index (κ2) is 6.74. The summed E-state index contributed by atoms with van der Waals surface area (Å²) in [6.45, 7) is 2.82. The van der Waals surface area contributed by atoms with Gasteiger partial charge in [-0.2, -0.15) is 0 Å². The van der Waals surface area contributed by atoms with Gasteiger partial charge in [-0.1, -0.05) is 36.1 Å². The van der Waals surface area contributed by atoms with Gasteiger partial charge in [0, 0.05) is 12.6 Å². The molecule has 1 heterocycles. The third-order valence-electron chi connectivity index (χ3n) is 3.42. The maximum atomic E-state index is 12.1. The molecule has 2 N–H and O–H groups in total. The van der Waals surface area contributed by atoms with Crippen molar-refractivity contribution in [3.05, 3.63) is 40.3 Å². The van der Waals surface area contributed by atoms with Gasteiger partial charge in [-0.05, 0) is 37.6 Å². The maximum Gasteiger partial charge on any atom is 0.328 e. The summed E-state index contributed by atoms with van der Waals surface area (Å²) in [6, 6.07) is 6.52. The molecule has 0 spiro atoms. The van der Waals surface area contributed by atoms with E-state index in [1.807, 2.05) is 0 Å². The minimum atomic E-state index is -1.36. The lowest BCUT2D eigenvalue weighted by molar-refractivity contribution is -0.143. The van der Waals surface area contributed by atoms with Crippen LogP contribution in [0.2, 0.25) is 0 Å². The third-order valence-corrected chi connectivity index (χ3v) is 4.90. The minimum absolute atomic E-state index is 0.157. The predicted molar refractivity (Wildman–Crippen MR) is 96.6 cm³/mol. The summed E-state index contributed by atoms with van der Waals surface area (Å²) in [5.41, 5.74) is -0.271. The van der Waals surface area contributed by atoms with Gasteiger partial charge < -0.3 is 10.4 Å². The van der Waals surface area contributed by atoms with Crippen molar-refractivity contribution in [2.45, 2.75) is 19.4 Å². The lowest BCUT2D eigenvalue weighted by Gasteiger charge is -2.20. The molecule has 1 aromatic carbocycles. The largest absolute Gasteiger partial charge is 0.480 e. The van der Waals surface area contributed by atoms with Crippen LogP contribution < -0.4 is 5.32 Å². The Hall–Kier alpha value is -2.19. The summed E-state index contributed by atoms with van der Waals surface area (Å²) in [7, 11) is 1.62. The molecule has 0 atom stereocenters. The molecule has 0 aliphatic carbocycles. The number of hydrogen-bond donors (Lipinski definition) is 2. The summed E-state index contributed by atoms with van der Waals surface area (Å²) in [4.78, 5) is 37.0. The lowest BCUT2D eigenvalue weighted by atomic mass is 10.0. The van der Waals surface area contributed by atoms with Crippen LogP contribution in [0.1, 0.15) is 29.8 Å². The number of nitrogens with one attached hydrogen (secondary N) is 1. The summed E-state index contributed by atoms with van der Waals surface area (Å²) in [6.07, 6.45) is 1.70. The standard InChI is InChI=1S/C16H16N2O4S2/c1-16(2,14(21)22)17-12(19)10-6-4-9(5-7-10)8-11-13(20)18(3)15(23)24-11/h4-8H,1-3H3,(H,17,19)(H,21,22). The molecule has 0 aromatic heterocycles. The van der Waals surface area contributed by atoms with Crippen LogP contribution >= 0.6 is 24.0 Å². The Kier molecular flexibility index (Phi) is 5.10. The molecular formula is C16H16N2O4S2. The number of likely N-dealkylation sites (N-methyl/N-ethyl adjacent to an activating group) is 1. The first kappa shape index (κ1) is 18.2. The number of nitrogens with zero attached hydrogens (tertiary/aromatic N) is 1. The Morgan fingerprint density at radius 1 is 1.29 bits per heavy atom. The molecule has 1 aromatic rings. The van der Waals surface area contributed by atoms with Crippen molar-refractivity contribution >= 4 is 52.2 Å². The molecular weight excluding hydrogens is 348 g/mol. The highest BCUT2D eigenvalue weighted by Crippen LogP contribution is 2.31. The number of rotatable bonds is 4. The Morgan fingerprint density at radius 3 is 2.33 bits per heavy atom. The van der Waals surface area contributed by atoms with E-state index in [0.29, 0.717) is 14.8 Å². The van der Waals surface area contributed by atoms with E-state index in [1.165, 1.54) is 30.5 Å². The molecule has 0 saturated carbocycles. The van der Waals surface area contributed by atoms with Crippen LogP contribution in [0.25, 0.3) is 6.08 Å². The van der Waals surface area contributed by atoms with E-state index in [0.717, 1.165) is 5.56 Å². The van der Waals surface area contributed by atoms with Gasteiger partial charge in [0.1, 0.15) is 9.86 Å². The van der Waals surface area contributed by atoms with Crippen LogP contribution in [0, 0.1) is 0 Å². The van der Waals surface area contributed by atoms with Gasteiger partial charge in [0.15, 0.2) is 0 Å². The topological polar surface area (TPSA) is 86.7 Å². The van der Waals surface area contributed by atoms with Gasteiger partial charge in [-0.25, -0.2) is 4.79 Å². The number of carbonyl (C=O) groups excluding carboxylic acids is 2. The number of aliphatic carboxylic acids is 1. The van der Waals surface area contributed by atoms with E-state index >= 15 is 0 Å². The number of carbonyl (C=O) groups is 3. The summed E-state index contributed by atoms with van der Waals surface area (Å²) >= 11 is 6.29. The Bertz CT molecular complexity index is 754. The highest BCUT2D eigenvalue weighted by molar-refractivity contribution is 8.26. The smallest absolute Gasteiger partial charge is 0.328 e. The van der Waals surface area contributed by atoms with E-state index < -0.39 is 17.4 Å². The van der Waals surface area contributed by atoms with E-state index in [-0.39, 0.29) is 5.91 Å². The lowest BCUT2D eigenvalue weighted by Crippen LogP contribution is -2.49. The molecule has 24 heavy (non-hydrogen) atoms. The zero-order valence-electron chi connectivity index (χ0n) is 13.3. The molecule has 1 fully saturated rings. The number of carboxylic acids is 1. The van der Waals surface area contributed by atoms with Crippen LogP contribution in [0.4, 0.5) is 0 Å². The van der Waals surface area contributed by atoms with Crippen molar-refractivity contribution in [3.63, 3.8) is 0 Å². The average molecular weight is 364 g/mol.